The predicted octanol–water partition coefficient (Wildman–Crippen LogP) is 1.44. The Morgan fingerprint density at radius 3 is 2.29 bits per heavy atom. The maximum absolute atomic E-state index is 11.9. The van der Waals surface area contributed by atoms with Gasteiger partial charge in [-0.1, -0.05) is 26.7 Å². The predicted molar refractivity (Wildman–Crippen MR) is 78.7 cm³/mol. The Labute approximate surface area is 125 Å². The second kappa shape index (κ2) is 8.00. The van der Waals surface area contributed by atoms with Gasteiger partial charge in [0.25, 0.3) is 0 Å². The van der Waals surface area contributed by atoms with Crippen LogP contribution in [0.15, 0.2) is 0 Å². The van der Waals surface area contributed by atoms with Gasteiger partial charge in [0.2, 0.25) is 11.8 Å². The van der Waals surface area contributed by atoms with Crippen LogP contribution in [0.2, 0.25) is 0 Å². The number of amides is 2. The van der Waals surface area contributed by atoms with Crippen LogP contribution in [-0.2, 0) is 14.4 Å². The molecule has 0 saturated heterocycles. The highest BCUT2D eigenvalue weighted by atomic mass is 16.4. The van der Waals surface area contributed by atoms with Crippen LogP contribution in [0.1, 0.15) is 58.8 Å². The van der Waals surface area contributed by atoms with E-state index in [1.807, 2.05) is 13.8 Å². The maximum atomic E-state index is 11.9. The lowest BCUT2D eigenvalue weighted by Gasteiger charge is -2.28. The smallest absolute Gasteiger partial charge is 0.305 e. The molecule has 1 aliphatic carbocycles. The molecule has 0 spiro atoms. The van der Waals surface area contributed by atoms with Gasteiger partial charge in [0.05, 0.1) is 18.5 Å². The van der Waals surface area contributed by atoms with E-state index < -0.39 is 11.5 Å². The summed E-state index contributed by atoms with van der Waals surface area (Å²) in [5.74, 6) is -0.909. The van der Waals surface area contributed by atoms with Gasteiger partial charge in [-0.05, 0) is 25.2 Å². The molecule has 0 aromatic rings. The summed E-state index contributed by atoms with van der Waals surface area (Å²) in [5.41, 5.74) is -0.633. The van der Waals surface area contributed by atoms with Gasteiger partial charge in [-0.25, -0.2) is 0 Å². The monoisotopic (exact) mass is 298 g/mol. The van der Waals surface area contributed by atoms with Gasteiger partial charge < -0.3 is 15.7 Å². The van der Waals surface area contributed by atoms with Crippen LogP contribution in [0.25, 0.3) is 0 Å². The van der Waals surface area contributed by atoms with Crippen molar-refractivity contribution in [2.75, 3.05) is 6.54 Å². The lowest BCUT2D eigenvalue weighted by atomic mass is 9.93. The summed E-state index contributed by atoms with van der Waals surface area (Å²) in [5, 5.41) is 14.4. The Morgan fingerprint density at radius 2 is 1.76 bits per heavy atom. The van der Waals surface area contributed by atoms with E-state index in [1.165, 1.54) is 0 Å². The second-order valence-electron chi connectivity index (χ2n) is 6.32. The molecule has 3 N–H and O–H groups in total. The molecule has 0 atom stereocenters. The van der Waals surface area contributed by atoms with Crippen LogP contribution in [-0.4, -0.2) is 35.0 Å². The first-order valence-corrected chi connectivity index (χ1v) is 7.62. The van der Waals surface area contributed by atoms with Gasteiger partial charge in [-0.15, -0.1) is 0 Å². The summed E-state index contributed by atoms with van der Waals surface area (Å²) in [4.78, 5) is 34.4. The minimum Gasteiger partial charge on any atom is -0.481 e. The molecule has 21 heavy (non-hydrogen) atoms. The minimum absolute atomic E-state index is 0.0555. The molecule has 6 heteroatoms. The highest BCUT2D eigenvalue weighted by molar-refractivity contribution is 5.85. The number of hydrogen-bond acceptors (Lipinski definition) is 3. The molecule has 1 fully saturated rings. The summed E-state index contributed by atoms with van der Waals surface area (Å²) >= 11 is 0. The topological polar surface area (TPSA) is 95.5 Å². The molecule has 0 bridgehead atoms. The fourth-order valence-electron chi connectivity index (χ4n) is 2.71. The molecule has 0 aliphatic heterocycles. The molecule has 2 amide bonds. The third kappa shape index (κ3) is 6.60. The first-order valence-electron chi connectivity index (χ1n) is 7.62. The van der Waals surface area contributed by atoms with Gasteiger partial charge in [0, 0.05) is 6.42 Å². The molecule has 1 aliphatic rings. The van der Waals surface area contributed by atoms with Crippen molar-refractivity contribution in [2.24, 2.45) is 5.92 Å². The normalized spacial score (nSPS) is 16.7. The molecule has 120 valence electrons. The Hall–Kier alpha value is -1.59. The number of carboxylic acid groups (broad SMARTS) is 1. The zero-order valence-corrected chi connectivity index (χ0v) is 12.9. The first-order chi connectivity index (χ1) is 9.83. The first kappa shape index (κ1) is 17.5. The summed E-state index contributed by atoms with van der Waals surface area (Å²) in [7, 11) is 0. The summed E-state index contributed by atoms with van der Waals surface area (Å²) < 4.78 is 0. The van der Waals surface area contributed by atoms with E-state index in [-0.39, 0.29) is 24.8 Å². The molecule has 6 nitrogen and oxygen atoms in total. The number of nitrogens with one attached hydrogen (secondary N) is 2. The van der Waals surface area contributed by atoms with Crippen LogP contribution in [0.4, 0.5) is 0 Å². The minimum atomic E-state index is -0.904. The zero-order chi connectivity index (χ0) is 15.9. The van der Waals surface area contributed by atoms with Crippen molar-refractivity contribution in [1.29, 1.82) is 0 Å². The summed E-state index contributed by atoms with van der Waals surface area (Å²) in [6.07, 6.45) is 4.36. The molecule has 0 unspecified atom stereocenters. The molecule has 0 heterocycles. The van der Waals surface area contributed by atoms with Crippen molar-refractivity contribution in [2.45, 2.75) is 64.3 Å². The van der Waals surface area contributed by atoms with Crippen molar-refractivity contribution in [3.63, 3.8) is 0 Å². The zero-order valence-electron chi connectivity index (χ0n) is 12.9. The third-order valence-electron chi connectivity index (χ3n) is 3.85. The molecule has 0 aromatic carbocycles. The van der Waals surface area contributed by atoms with Crippen molar-refractivity contribution in [3.8, 4) is 0 Å². The fraction of sp³-hybridized carbons (Fsp3) is 0.800. The number of aliphatic carboxylic acids is 1. The molecule has 0 aromatic heterocycles. The van der Waals surface area contributed by atoms with E-state index >= 15 is 0 Å². The van der Waals surface area contributed by atoms with E-state index in [0.29, 0.717) is 25.2 Å². The quantitative estimate of drug-likeness (QED) is 0.632. The molecule has 0 radical (unpaired) electrons. The summed E-state index contributed by atoms with van der Waals surface area (Å²) in [6.45, 7) is 3.99. The number of carbonyl (C=O) groups excluding carboxylic acids is 2. The Kier molecular flexibility index (Phi) is 6.65. The number of carbonyl (C=O) groups is 3. The van der Waals surface area contributed by atoms with Crippen LogP contribution in [0, 0.1) is 5.92 Å². The Bertz CT molecular complexity index is 387. The van der Waals surface area contributed by atoms with E-state index in [2.05, 4.69) is 10.6 Å². The fourth-order valence-corrected chi connectivity index (χ4v) is 2.71. The number of hydrogen-bond donors (Lipinski definition) is 3. The highest BCUT2D eigenvalue weighted by Gasteiger charge is 2.37. The molecule has 1 rings (SSSR count). The molecule has 1 saturated carbocycles. The molecular weight excluding hydrogens is 272 g/mol. The van der Waals surface area contributed by atoms with Crippen LogP contribution in [0.5, 0.6) is 0 Å². The van der Waals surface area contributed by atoms with Gasteiger partial charge in [-0.3, -0.25) is 14.4 Å². The van der Waals surface area contributed by atoms with Gasteiger partial charge >= 0.3 is 5.97 Å². The van der Waals surface area contributed by atoms with Crippen molar-refractivity contribution >= 4 is 17.8 Å². The SMILES string of the molecule is CC(C)CCC(=O)NCC(=O)NC1(CC(=O)O)CCCC1. The van der Waals surface area contributed by atoms with E-state index in [4.69, 9.17) is 5.11 Å². The molecular formula is C15H26N2O4. The van der Waals surface area contributed by atoms with E-state index in [1.54, 1.807) is 0 Å². The lowest BCUT2D eigenvalue weighted by Crippen LogP contribution is -2.51. The van der Waals surface area contributed by atoms with Gasteiger partial charge in [0.1, 0.15) is 0 Å². The average Bonchev–Trinajstić information content (AvgIpc) is 2.81. The van der Waals surface area contributed by atoms with E-state index in [0.717, 1.165) is 19.3 Å². The van der Waals surface area contributed by atoms with Crippen molar-refractivity contribution < 1.29 is 19.5 Å². The third-order valence-corrected chi connectivity index (χ3v) is 3.85. The van der Waals surface area contributed by atoms with Gasteiger partial charge in [-0.2, -0.15) is 0 Å². The Morgan fingerprint density at radius 1 is 1.14 bits per heavy atom. The Balaban J connectivity index is 2.37. The van der Waals surface area contributed by atoms with Crippen LogP contribution in [0.3, 0.4) is 0 Å². The van der Waals surface area contributed by atoms with Crippen LogP contribution >= 0.6 is 0 Å². The average molecular weight is 298 g/mol. The standard InChI is InChI=1S/C15H26N2O4/c1-11(2)5-6-12(18)16-10-13(19)17-15(9-14(20)21)7-3-4-8-15/h11H,3-10H2,1-2H3,(H,16,18)(H,17,19)(H,20,21). The van der Waals surface area contributed by atoms with Gasteiger partial charge in [0.15, 0.2) is 0 Å². The largest absolute Gasteiger partial charge is 0.481 e. The lowest BCUT2D eigenvalue weighted by molar-refractivity contribution is -0.139. The number of carboxylic acids is 1. The van der Waals surface area contributed by atoms with Crippen molar-refractivity contribution in [3.05, 3.63) is 0 Å². The van der Waals surface area contributed by atoms with E-state index in [9.17, 15) is 14.4 Å². The van der Waals surface area contributed by atoms with Crippen molar-refractivity contribution in [1.82, 2.24) is 10.6 Å². The second-order valence-corrected chi connectivity index (χ2v) is 6.32. The highest BCUT2D eigenvalue weighted by Crippen LogP contribution is 2.32. The summed E-state index contributed by atoms with van der Waals surface area (Å²) in [6, 6.07) is 0. The number of rotatable bonds is 8. The van der Waals surface area contributed by atoms with Crippen LogP contribution < -0.4 is 10.6 Å². The maximum Gasteiger partial charge on any atom is 0.305 e.